The highest BCUT2D eigenvalue weighted by molar-refractivity contribution is 5.93. The Morgan fingerprint density at radius 1 is 1.19 bits per heavy atom. The first-order valence-corrected chi connectivity index (χ1v) is 6.82. The van der Waals surface area contributed by atoms with Crippen LogP contribution in [0.4, 0.5) is 11.5 Å². The van der Waals surface area contributed by atoms with Crippen molar-refractivity contribution in [1.82, 2.24) is 9.88 Å². The molecule has 2 aromatic rings. The Kier molecular flexibility index (Phi) is 4.77. The smallest absolute Gasteiger partial charge is 0.254 e. The van der Waals surface area contributed by atoms with Gasteiger partial charge in [0.05, 0.1) is 5.56 Å². The van der Waals surface area contributed by atoms with Crippen molar-refractivity contribution in [2.75, 3.05) is 31.7 Å². The van der Waals surface area contributed by atoms with Gasteiger partial charge in [0.2, 0.25) is 0 Å². The fourth-order valence-corrected chi connectivity index (χ4v) is 1.90. The fraction of sp³-hybridized carbons (Fsp3) is 0.250. The van der Waals surface area contributed by atoms with E-state index in [-0.39, 0.29) is 5.91 Å². The minimum absolute atomic E-state index is 0.0454. The molecule has 5 nitrogen and oxygen atoms in total. The van der Waals surface area contributed by atoms with Crippen molar-refractivity contribution in [2.45, 2.75) is 6.42 Å². The molecule has 0 radical (unpaired) electrons. The molecule has 3 N–H and O–H groups in total. The zero-order chi connectivity index (χ0) is 15.2. The van der Waals surface area contributed by atoms with Crippen LogP contribution in [0.1, 0.15) is 15.9 Å². The number of hydrogen-bond acceptors (Lipinski definition) is 4. The molecule has 0 aliphatic rings. The molecule has 1 amide bonds. The summed E-state index contributed by atoms with van der Waals surface area (Å²) in [5.74, 6) is 0.719. The lowest BCUT2D eigenvalue weighted by molar-refractivity contribution is 0.0827. The van der Waals surface area contributed by atoms with Crippen LogP contribution in [-0.4, -0.2) is 36.4 Å². The third-order valence-corrected chi connectivity index (χ3v) is 3.12. The fourth-order valence-electron chi connectivity index (χ4n) is 1.90. The summed E-state index contributed by atoms with van der Waals surface area (Å²) in [6.07, 6.45) is 2.48. The van der Waals surface area contributed by atoms with Gasteiger partial charge >= 0.3 is 0 Å². The summed E-state index contributed by atoms with van der Waals surface area (Å²) in [5.41, 5.74) is 8.23. The molecule has 0 fully saturated rings. The standard InChI is InChI=1S/C16H20N4O/c1-20(2)16(21)13-5-8-15(19-11-13)18-10-9-12-3-6-14(17)7-4-12/h3-8,11H,9-10,17H2,1-2H3,(H,18,19). The minimum Gasteiger partial charge on any atom is -0.399 e. The van der Waals surface area contributed by atoms with E-state index in [9.17, 15) is 4.79 Å². The largest absolute Gasteiger partial charge is 0.399 e. The first kappa shape index (κ1) is 14.8. The lowest BCUT2D eigenvalue weighted by atomic mass is 10.1. The predicted molar refractivity (Wildman–Crippen MR) is 85.3 cm³/mol. The summed E-state index contributed by atoms with van der Waals surface area (Å²) in [4.78, 5) is 17.5. The Balaban J connectivity index is 1.86. The van der Waals surface area contributed by atoms with Gasteiger partial charge < -0.3 is 16.0 Å². The molecule has 2 rings (SSSR count). The van der Waals surface area contributed by atoms with Gasteiger partial charge in [-0.3, -0.25) is 4.79 Å². The Morgan fingerprint density at radius 3 is 2.48 bits per heavy atom. The second kappa shape index (κ2) is 6.74. The topological polar surface area (TPSA) is 71.2 Å². The van der Waals surface area contributed by atoms with Crippen molar-refractivity contribution < 1.29 is 4.79 Å². The van der Waals surface area contributed by atoms with Gasteiger partial charge in [-0.2, -0.15) is 0 Å². The van der Waals surface area contributed by atoms with Crippen LogP contribution in [0, 0.1) is 0 Å². The van der Waals surface area contributed by atoms with Gasteiger partial charge in [-0.25, -0.2) is 4.98 Å². The summed E-state index contributed by atoms with van der Waals surface area (Å²) >= 11 is 0. The average Bonchev–Trinajstić information content (AvgIpc) is 2.49. The summed E-state index contributed by atoms with van der Waals surface area (Å²) in [5, 5.41) is 3.24. The molecule has 0 aliphatic carbocycles. The summed E-state index contributed by atoms with van der Waals surface area (Å²) in [6, 6.07) is 11.4. The van der Waals surface area contributed by atoms with Crippen molar-refractivity contribution in [3.63, 3.8) is 0 Å². The van der Waals surface area contributed by atoms with E-state index >= 15 is 0 Å². The second-order valence-corrected chi connectivity index (χ2v) is 5.05. The molecule has 0 aliphatic heterocycles. The molecule has 0 bridgehead atoms. The molecule has 1 aromatic carbocycles. The molecule has 1 heterocycles. The van der Waals surface area contributed by atoms with Gasteiger partial charge in [0.25, 0.3) is 5.91 Å². The highest BCUT2D eigenvalue weighted by Gasteiger charge is 2.07. The molecule has 5 heteroatoms. The van der Waals surface area contributed by atoms with Crippen molar-refractivity contribution in [3.8, 4) is 0 Å². The molecule has 21 heavy (non-hydrogen) atoms. The molecule has 0 saturated heterocycles. The average molecular weight is 284 g/mol. The predicted octanol–water partition coefficient (Wildman–Crippen LogP) is 2.02. The van der Waals surface area contributed by atoms with E-state index in [1.165, 1.54) is 10.5 Å². The van der Waals surface area contributed by atoms with E-state index in [2.05, 4.69) is 10.3 Å². The highest BCUT2D eigenvalue weighted by atomic mass is 16.2. The van der Waals surface area contributed by atoms with Gasteiger partial charge in [-0.05, 0) is 36.2 Å². The Hall–Kier alpha value is -2.56. The first-order chi connectivity index (χ1) is 10.1. The molecule has 1 aromatic heterocycles. The van der Waals surface area contributed by atoms with Crippen LogP contribution in [0.5, 0.6) is 0 Å². The number of carbonyl (C=O) groups excluding carboxylic acids is 1. The monoisotopic (exact) mass is 284 g/mol. The summed E-state index contributed by atoms with van der Waals surface area (Å²) in [7, 11) is 3.45. The number of hydrogen-bond donors (Lipinski definition) is 2. The van der Waals surface area contributed by atoms with Crippen molar-refractivity contribution in [1.29, 1.82) is 0 Å². The number of nitrogens with zero attached hydrogens (tertiary/aromatic N) is 2. The number of anilines is 2. The maximum atomic E-state index is 11.7. The van der Waals surface area contributed by atoms with E-state index in [4.69, 9.17) is 5.73 Å². The van der Waals surface area contributed by atoms with Crippen molar-refractivity contribution >= 4 is 17.4 Å². The van der Waals surface area contributed by atoms with Crippen LogP contribution in [-0.2, 0) is 6.42 Å². The van der Waals surface area contributed by atoms with Crippen LogP contribution in [0.2, 0.25) is 0 Å². The van der Waals surface area contributed by atoms with Crippen molar-refractivity contribution in [2.24, 2.45) is 0 Å². The van der Waals surface area contributed by atoms with Gasteiger partial charge in [-0.15, -0.1) is 0 Å². The molecule has 0 atom stereocenters. The van der Waals surface area contributed by atoms with Gasteiger partial charge in [-0.1, -0.05) is 12.1 Å². The maximum absolute atomic E-state index is 11.7. The quantitative estimate of drug-likeness (QED) is 0.824. The SMILES string of the molecule is CN(C)C(=O)c1ccc(NCCc2ccc(N)cc2)nc1. The highest BCUT2D eigenvalue weighted by Crippen LogP contribution is 2.09. The molecule has 0 spiro atoms. The van der Waals surface area contributed by atoms with Gasteiger partial charge in [0.15, 0.2) is 0 Å². The number of amides is 1. The molecule has 0 unspecified atom stereocenters. The number of nitrogens with one attached hydrogen (secondary N) is 1. The minimum atomic E-state index is -0.0454. The number of aromatic nitrogens is 1. The number of pyridine rings is 1. The normalized spacial score (nSPS) is 10.2. The van der Waals surface area contributed by atoms with Crippen LogP contribution in [0.15, 0.2) is 42.6 Å². The maximum Gasteiger partial charge on any atom is 0.254 e. The zero-order valence-electron chi connectivity index (χ0n) is 12.3. The Labute approximate surface area is 124 Å². The Morgan fingerprint density at radius 2 is 1.90 bits per heavy atom. The Bertz CT molecular complexity index is 591. The molecule has 110 valence electrons. The molecule has 0 saturated carbocycles. The third-order valence-electron chi connectivity index (χ3n) is 3.12. The molecular weight excluding hydrogens is 264 g/mol. The first-order valence-electron chi connectivity index (χ1n) is 6.82. The van der Waals surface area contributed by atoms with Gasteiger partial charge in [0.1, 0.15) is 5.82 Å². The number of rotatable bonds is 5. The third kappa shape index (κ3) is 4.21. The van der Waals surface area contributed by atoms with Crippen molar-refractivity contribution in [3.05, 3.63) is 53.7 Å². The van der Waals surface area contributed by atoms with E-state index in [1.807, 2.05) is 30.3 Å². The second-order valence-electron chi connectivity index (χ2n) is 5.05. The van der Waals surface area contributed by atoms with E-state index in [1.54, 1.807) is 26.4 Å². The lowest BCUT2D eigenvalue weighted by Crippen LogP contribution is -2.21. The number of carbonyl (C=O) groups is 1. The van der Waals surface area contributed by atoms with E-state index in [0.717, 1.165) is 24.5 Å². The summed E-state index contributed by atoms with van der Waals surface area (Å²) < 4.78 is 0. The van der Waals surface area contributed by atoms with Crippen LogP contribution < -0.4 is 11.1 Å². The number of nitrogen functional groups attached to an aromatic ring is 1. The molecular formula is C16H20N4O. The number of nitrogens with two attached hydrogens (primary N) is 1. The van der Waals surface area contributed by atoms with E-state index < -0.39 is 0 Å². The van der Waals surface area contributed by atoms with Crippen LogP contribution in [0.25, 0.3) is 0 Å². The van der Waals surface area contributed by atoms with E-state index in [0.29, 0.717) is 5.56 Å². The van der Waals surface area contributed by atoms with Crippen LogP contribution in [0.3, 0.4) is 0 Å². The number of benzene rings is 1. The lowest BCUT2D eigenvalue weighted by Gasteiger charge is -2.10. The summed E-state index contributed by atoms with van der Waals surface area (Å²) in [6.45, 7) is 0.776. The van der Waals surface area contributed by atoms with Gasteiger partial charge in [0, 0.05) is 32.5 Å². The van der Waals surface area contributed by atoms with Crippen LogP contribution >= 0.6 is 0 Å². The zero-order valence-corrected chi connectivity index (χ0v) is 12.3.